The van der Waals surface area contributed by atoms with Gasteiger partial charge < -0.3 is 28.7 Å². The molecule has 0 aliphatic carbocycles. The highest BCUT2D eigenvalue weighted by molar-refractivity contribution is 5.63. The first kappa shape index (κ1) is 23.2. The van der Waals surface area contributed by atoms with Gasteiger partial charge in [-0.15, -0.1) is 13.2 Å². The molecule has 0 spiro atoms. The summed E-state index contributed by atoms with van der Waals surface area (Å²) in [6, 6.07) is 12.4. The Morgan fingerprint density at radius 1 is 1.08 bits per heavy atom. The zero-order valence-electron chi connectivity index (χ0n) is 18.6. The topological polar surface area (TPSA) is 115 Å². The van der Waals surface area contributed by atoms with E-state index < -0.39 is 16.9 Å². The second-order valence-electron chi connectivity index (χ2n) is 8.24. The van der Waals surface area contributed by atoms with Crippen LogP contribution in [-0.4, -0.2) is 38.0 Å². The molecular formula is C23H17F3N4O6. The highest BCUT2D eigenvalue weighted by Crippen LogP contribution is 2.32. The molecule has 1 atom stereocenters. The van der Waals surface area contributed by atoms with Crippen LogP contribution < -0.4 is 14.2 Å². The fraction of sp³-hybridized carbons (Fsp3) is 0.217. The number of aromatic nitrogens is 3. The average Bonchev–Trinajstić information content (AvgIpc) is 3.52. The van der Waals surface area contributed by atoms with Crippen LogP contribution in [0.1, 0.15) is 6.92 Å². The lowest BCUT2D eigenvalue weighted by atomic mass is 10.1. The van der Waals surface area contributed by atoms with Crippen LogP contribution in [0.15, 0.2) is 65.4 Å². The number of fused-ring (bicyclic) bond motifs is 1. The summed E-state index contributed by atoms with van der Waals surface area (Å²) in [5.74, 6) is 0.208. The van der Waals surface area contributed by atoms with Crippen molar-refractivity contribution >= 4 is 5.82 Å². The molecule has 0 N–H and O–H groups in total. The smallest absolute Gasteiger partial charge is 0.489 e. The maximum atomic E-state index is 12.3. The van der Waals surface area contributed by atoms with Crippen LogP contribution in [-0.2, 0) is 6.54 Å². The van der Waals surface area contributed by atoms with E-state index in [-0.39, 0.29) is 30.1 Å². The quantitative estimate of drug-likeness (QED) is 0.249. The summed E-state index contributed by atoms with van der Waals surface area (Å²) in [7, 11) is 0. The van der Waals surface area contributed by atoms with E-state index in [1.165, 1.54) is 36.7 Å². The molecule has 0 saturated heterocycles. The molecule has 0 saturated carbocycles. The van der Waals surface area contributed by atoms with Crippen molar-refractivity contribution in [2.24, 2.45) is 0 Å². The zero-order chi connectivity index (χ0) is 25.5. The molecule has 2 aromatic carbocycles. The Labute approximate surface area is 201 Å². The lowest BCUT2D eigenvalue weighted by Gasteiger charge is -2.22. The molecule has 0 radical (unpaired) electrons. The normalized spacial score (nSPS) is 16.9. The maximum absolute atomic E-state index is 12.3. The predicted molar refractivity (Wildman–Crippen MR) is 117 cm³/mol. The zero-order valence-corrected chi connectivity index (χ0v) is 18.6. The summed E-state index contributed by atoms with van der Waals surface area (Å²) < 4.78 is 59.5. The molecule has 1 aliphatic rings. The first-order chi connectivity index (χ1) is 17.1. The SMILES string of the molecule is CC1(COc2ccc(-c3coc(-c4ccc(OC(F)(F)F)cc4)n3)cc2)Cn2cc([N+](=O)[O-])nc2O1. The Kier molecular flexibility index (Phi) is 5.54. The van der Waals surface area contributed by atoms with Gasteiger partial charge in [-0.05, 0) is 60.4 Å². The summed E-state index contributed by atoms with van der Waals surface area (Å²) in [5.41, 5.74) is 1.03. The minimum Gasteiger partial charge on any atom is -0.489 e. The molecule has 10 nitrogen and oxygen atoms in total. The second-order valence-corrected chi connectivity index (χ2v) is 8.24. The number of alkyl halides is 3. The minimum atomic E-state index is -4.76. The van der Waals surface area contributed by atoms with Gasteiger partial charge in [0, 0.05) is 16.1 Å². The molecule has 0 fully saturated rings. The summed E-state index contributed by atoms with van der Waals surface area (Å²) >= 11 is 0. The lowest BCUT2D eigenvalue weighted by molar-refractivity contribution is -0.389. The van der Waals surface area contributed by atoms with Crippen LogP contribution in [0.25, 0.3) is 22.7 Å². The van der Waals surface area contributed by atoms with E-state index in [0.29, 0.717) is 23.6 Å². The first-order valence-electron chi connectivity index (χ1n) is 10.5. The molecule has 2 aromatic heterocycles. The maximum Gasteiger partial charge on any atom is 0.573 e. The van der Waals surface area contributed by atoms with Crippen molar-refractivity contribution in [2.75, 3.05) is 6.61 Å². The van der Waals surface area contributed by atoms with Crippen molar-refractivity contribution in [1.29, 1.82) is 0 Å². The largest absolute Gasteiger partial charge is 0.573 e. The van der Waals surface area contributed by atoms with E-state index in [2.05, 4.69) is 14.7 Å². The fourth-order valence-electron chi connectivity index (χ4n) is 3.65. The number of nitrogens with zero attached hydrogens (tertiary/aromatic N) is 4. The molecular weight excluding hydrogens is 485 g/mol. The monoisotopic (exact) mass is 502 g/mol. The van der Waals surface area contributed by atoms with E-state index >= 15 is 0 Å². The molecule has 1 aliphatic heterocycles. The lowest BCUT2D eigenvalue weighted by Crippen LogP contribution is -2.38. The fourth-order valence-corrected chi connectivity index (χ4v) is 3.65. The van der Waals surface area contributed by atoms with Crippen molar-refractivity contribution in [1.82, 2.24) is 14.5 Å². The predicted octanol–water partition coefficient (Wildman–Crippen LogP) is 5.24. The van der Waals surface area contributed by atoms with Gasteiger partial charge in [0.15, 0.2) is 5.60 Å². The Morgan fingerprint density at radius 2 is 1.75 bits per heavy atom. The van der Waals surface area contributed by atoms with Crippen LogP contribution in [0.4, 0.5) is 19.0 Å². The number of ether oxygens (including phenoxy) is 3. The van der Waals surface area contributed by atoms with Crippen molar-refractivity contribution in [3.63, 3.8) is 0 Å². The molecule has 0 bridgehead atoms. The average molecular weight is 502 g/mol. The van der Waals surface area contributed by atoms with E-state index in [4.69, 9.17) is 13.9 Å². The van der Waals surface area contributed by atoms with Crippen LogP contribution in [0.3, 0.4) is 0 Å². The van der Waals surface area contributed by atoms with E-state index in [9.17, 15) is 23.3 Å². The van der Waals surface area contributed by atoms with Gasteiger partial charge >= 0.3 is 18.2 Å². The number of imidazole rings is 1. The Balaban J connectivity index is 1.20. The third-order valence-electron chi connectivity index (χ3n) is 5.29. The van der Waals surface area contributed by atoms with Crippen LogP contribution in [0.2, 0.25) is 0 Å². The van der Waals surface area contributed by atoms with Crippen molar-refractivity contribution in [2.45, 2.75) is 25.4 Å². The minimum absolute atomic E-state index is 0.174. The summed E-state index contributed by atoms with van der Waals surface area (Å²) in [4.78, 5) is 18.5. The van der Waals surface area contributed by atoms with Gasteiger partial charge in [0.1, 0.15) is 36.3 Å². The van der Waals surface area contributed by atoms with Gasteiger partial charge in [-0.3, -0.25) is 4.57 Å². The number of hydrogen-bond donors (Lipinski definition) is 0. The second kappa shape index (κ2) is 8.59. The van der Waals surface area contributed by atoms with Gasteiger partial charge in [0.05, 0.1) is 6.54 Å². The van der Waals surface area contributed by atoms with E-state index in [0.717, 1.165) is 5.56 Å². The van der Waals surface area contributed by atoms with E-state index in [1.807, 2.05) is 6.92 Å². The van der Waals surface area contributed by atoms with Crippen molar-refractivity contribution < 1.29 is 36.7 Å². The summed E-state index contributed by atoms with van der Waals surface area (Å²) in [6.07, 6.45) is -1.99. The Bertz CT molecular complexity index is 1370. The molecule has 1 unspecified atom stereocenters. The molecule has 186 valence electrons. The van der Waals surface area contributed by atoms with E-state index in [1.54, 1.807) is 28.8 Å². The number of halogens is 3. The molecule has 5 rings (SSSR count). The van der Waals surface area contributed by atoms with Crippen molar-refractivity contribution in [3.05, 3.63) is 71.1 Å². The third kappa shape index (κ3) is 4.94. The van der Waals surface area contributed by atoms with Gasteiger partial charge in [0.2, 0.25) is 5.89 Å². The van der Waals surface area contributed by atoms with Gasteiger partial charge in [-0.2, -0.15) is 0 Å². The highest BCUT2D eigenvalue weighted by atomic mass is 19.4. The van der Waals surface area contributed by atoms with Crippen molar-refractivity contribution in [3.8, 4) is 40.2 Å². The summed E-state index contributed by atoms with van der Waals surface area (Å²) in [6.45, 7) is 2.36. The number of benzene rings is 2. The number of nitro groups is 1. The molecule has 0 amide bonds. The number of rotatable bonds is 7. The Morgan fingerprint density at radius 3 is 2.39 bits per heavy atom. The highest BCUT2D eigenvalue weighted by Gasteiger charge is 2.41. The van der Waals surface area contributed by atoms with Crippen LogP contribution >= 0.6 is 0 Å². The van der Waals surface area contributed by atoms with Gasteiger partial charge in [-0.25, -0.2) is 4.98 Å². The van der Waals surface area contributed by atoms with Crippen LogP contribution in [0, 0.1) is 10.1 Å². The summed E-state index contributed by atoms with van der Waals surface area (Å²) in [5, 5.41) is 10.8. The number of oxazole rings is 1. The van der Waals surface area contributed by atoms with Gasteiger partial charge in [0.25, 0.3) is 0 Å². The third-order valence-corrected chi connectivity index (χ3v) is 5.29. The standard InChI is InChI=1S/C23H17F3N4O6/c1-22(12-29-10-19(30(31)32)28-21(29)36-22)13-34-16-6-2-14(3-7-16)18-11-33-20(27-18)15-4-8-17(9-5-15)35-23(24,25)26/h2-11H,12-13H2,1H3. The number of hydrogen-bond acceptors (Lipinski definition) is 8. The molecule has 13 heteroatoms. The van der Waals surface area contributed by atoms with Crippen LogP contribution in [0.5, 0.6) is 17.5 Å². The van der Waals surface area contributed by atoms with Gasteiger partial charge in [-0.1, -0.05) is 0 Å². The molecule has 3 heterocycles. The Hall–Kier alpha value is -4.55. The molecule has 36 heavy (non-hydrogen) atoms. The molecule has 4 aromatic rings. The first-order valence-corrected chi connectivity index (χ1v) is 10.5.